The molecule has 1 N–H and O–H groups in total. The second-order valence-corrected chi connectivity index (χ2v) is 4.12. The van der Waals surface area contributed by atoms with Gasteiger partial charge in [-0.2, -0.15) is 0 Å². The van der Waals surface area contributed by atoms with Crippen molar-refractivity contribution < 1.29 is 9.84 Å². The van der Waals surface area contributed by atoms with Gasteiger partial charge in [0.1, 0.15) is 0 Å². The number of nitrogens with zero attached hydrogens (tertiary/aromatic N) is 1. The Hall–Kier alpha value is -1.35. The molecule has 16 heavy (non-hydrogen) atoms. The van der Waals surface area contributed by atoms with Crippen molar-refractivity contribution in [2.75, 3.05) is 7.11 Å². The lowest BCUT2D eigenvalue weighted by atomic mass is 9.86. The molecular weight excluding hydrogens is 202 g/mol. The van der Waals surface area contributed by atoms with Crippen molar-refractivity contribution in [3.05, 3.63) is 36.0 Å². The lowest BCUT2D eigenvalue weighted by molar-refractivity contribution is 0.102. The van der Waals surface area contributed by atoms with Gasteiger partial charge in [-0.15, -0.1) is 0 Å². The third-order valence-electron chi connectivity index (χ3n) is 3.07. The van der Waals surface area contributed by atoms with Gasteiger partial charge in [0.25, 0.3) is 0 Å². The summed E-state index contributed by atoms with van der Waals surface area (Å²) >= 11 is 0. The van der Waals surface area contributed by atoms with E-state index >= 15 is 0 Å². The number of methoxy groups -OCH3 is 1. The Balaban J connectivity index is 2.07. The molecule has 0 saturated heterocycles. The van der Waals surface area contributed by atoms with E-state index in [9.17, 15) is 5.11 Å². The summed E-state index contributed by atoms with van der Waals surface area (Å²) in [7, 11) is 1.59. The van der Waals surface area contributed by atoms with Crippen molar-refractivity contribution in [1.82, 2.24) is 4.98 Å². The van der Waals surface area contributed by atoms with Crippen LogP contribution >= 0.6 is 0 Å². The zero-order valence-corrected chi connectivity index (χ0v) is 9.47. The van der Waals surface area contributed by atoms with E-state index in [0.29, 0.717) is 11.8 Å². The van der Waals surface area contributed by atoms with E-state index in [1.54, 1.807) is 19.4 Å². The molecule has 0 bridgehead atoms. The molecule has 0 radical (unpaired) electrons. The van der Waals surface area contributed by atoms with E-state index in [0.717, 1.165) is 24.8 Å². The summed E-state index contributed by atoms with van der Waals surface area (Å²) in [6, 6.07) is 3.67. The average molecular weight is 219 g/mol. The Morgan fingerprint density at radius 3 is 2.88 bits per heavy atom. The maximum Gasteiger partial charge on any atom is 0.212 e. The highest BCUT2D eigenvalue weighted by Crippen LogP contribution is 2.31. The summed E-state index contributed by atoms with van der Waals surface area (Å²) in [6.45, 7) is 0. The Morgan fingerprint density at radius 1 is 1.44 bits per heavy atom. The molecule has 2 unspecified atom stereocenters. The van der Waals surface area contributed by atoms with Gasteiger partial charge in [-0.3, -0.25) is 0 Å². The van der Waals surface area contributed by atoms with Crippen LogP contribution in [0.25, 0.3) is 0 Å². The maximum absolute atomic E-state index is 10.2. The molecule has 1 aromatic rings. The summed E-state index contributed by atoms with van der Waals surface area (Å²) in [4.78, 5) is 4.11. The predicted molar refractivity (Wildman–Crippen MR) is 62.2 cm³/mol. The van der Waals surface area contributed by atoms with Gasteiger partial charge in [-0.1, -0.05) is 12.2 Å². The normalized spacial score (nSPS) is 21.8. The lowest BCUT2D eigenvalue weighted by Gasteiger charge is -2.23. The largest absolute Gasteiger partial charge is 0.481 e. The van der Waals surface area contributed by atoms with Gasteiger partial charge >= 0.3 is 0 Å². The van der Waals surface area contributed by atoms with Crippen LogP contribution in [0.15, 0.2) is 30.5 Å². The van der Waals surface area contributed by atoms with Crippen molar-refractivity contribution in [2.45, 2.75) is 25.4 Å². The molecule has 0 aromatic carbocycles. The third kappa shape index (κ3) is 2.42. The topological polar surface area (TPSA) is 42.4 Å². The summed E-state index contributed by atoms with van der Waals surface area (Å²) in [5, 5.41) is 10.2. The van der Waals surface area contributed by atoms with Crippen LogP contribution in [-0.2, 0) is 0 Å². The van der Waals surface area contributed by atoms with Gasteiger partial charge in [0.15, 0.2) is 0 Å². The van der Waals surface area contributed by atoms with Crippen molar-refractivity contribution in [2.24, 2.45) is 5.92 Å². The van der Waals surface area contributed by atoms with Crippen LogP contribution in [0.3, 0.4) is 0 Å². The Labute approximate surface area is 95.8 Å². The molecule has 1 aliphatic carbocycles. The van der Waals surface area contributed by atoms with Gasteiger partial charge in [0.2, 0.25) is 5.88 Å². The first-order valence-electron chi connectivity index (χ1n) is 5.64. The summed E-state index contributed by atoms with van der Waals surface area (Å²) in [5.41, 5.74) is 0.876. The predicted octanol–water partition coefficient (Wildman–Crippen LogP) is 2.48. The fourth-order valence-corrected chi connectivity index (χ4v) is 2.06. The average Bonchev–Trinajstić information content (AvgIpc) is 2.39. The van der Waals surface area contributed by atoms with Gasteiger partial charge in [0.05, 0.1) is 13.2 Å². The second kappa shape index (κ2) is 5.12. The zero-order valence-electron chi connectivity index (χ0n) is 9.47. The van der Waals surface area contributed by atoms with E-state index in [-0.39, 0.29) is 0 Å². The van der Waals surface area contributed by atoms with E-state index in [1.807, 2.05) is 6.07 Å². The molecule has 0 aliphatic heterocycles. The Morgan fingerprint density at radius 2 is 2.31 bits per heavy atom. The van der Waals surface area contributed by atoms with Crippen molar-refractivity contribution in [1.29, 1.82) is 0 Å². The Bertz CT molecular complexity index is 359. The minimum atomic E-state index is -0.414. The highest BCUT2D eigenvalue weighted by molar-refractivity contribution is 5.20. The van der Waals surface area contributed by atoms with Crippen molar-refractivity contribution in [3.63, 3.8) is 0 Å². The number of rotatable bonds is 3. The van der Waals surface area contributed by atoms with Crippen LogP contribution in [0, 0.1) is 5.92 Å². The highest BCUT2D eigenvalue weighted by Gasteiger charge is 2.21. The number of ether oxygens (including phenoxy) is 1. The first-order valence-corrected chi connectivity index (χ1v) is 5.64. The number of aliphatic hydroxyl groups is 1. The van der Waals surface area contributed by atoms with Crippen LogP contribution in [0.2, 0.25) is 0 Å². The molecule has 1 aliphatic rings. The quantitative estimate of drug-likeness (QED) is 0.794. The number of aliphatic hydroxyl groups excluding tert-OH is 1. The molecule has 0 fully saturated rings. The molecule has 0 amide bonds. The van der Waals surface area contributed by atoms with E-state index < -0.39 is 6.10 Å². The van der Waals surface area contributed by atoms with Crippen LogP contribution in [0.4, 0.5) is 0 Å². The maximum atomic E-state index is 10.2. The lowest BCUT2D eigenvalue weighted by Crippen LogP contribution is -2.14. The molecule has 2 rings (SSSR count). The summed E-state index contributed by atoms with van der Waals surface area (Å²) < 4.78 is 4.99. The van der Waals surface area contributed by atoms with Crippen LogP contribution in [0.1, 0.15) is 30.9 Å². The first-order chi connectivity index (χ1) is 7.81. The number of hydrogen-bond donors (Lipinski definition) is 1. The number of aromatic nitrogens is 1. The van der Waals surface area contributed by atoms with E-state index in [2.05, 4.69) is 17.1 Å². The summed E-state index contributed by atoms with van der Waals surface area (Å²) in [5.74, 6) is 0.902. The first kappa shape index (κ1) is 11.1. The van der Waals surface area contributed by atoms with Gasteiger partial charge in [-0.05, 0) is 36.8 Å². The fourth-order valence-electron chi connectivity index (χ4n) is 2.06. The fraction of sp³-hybridized carbons (Fsp3) is 0.462. The van der Waals surface area contributed by atoms with E-state index in [4.69, 9.17) is 4.74 Å². The molecule has 0 saturated carbocycles. The molecule has 86 valence electrons. The minimum Gasteiger partial charge on any atom is -0.481 e. The van der Waals surface area contributed by atoms with Gasteiger partial charge in [0, 0.05) is 12.3 Å². The Kier molecular flexibility index (Phi) is 3.57. The molecule has 0 spiro atoms. The molecule has 3 nitrogen and oxygen atoms in total. The zero-order chi connectivity index (χ0) is 11.4. The van der Waals surface area contributed by atoms with Crippen LogP contribution < -0.4 is 4.74 Å². The van der Waals surface area contributed by atoms with Crippen molar-refractivity contribution in [3.8, 4) is 5.88 Å². The number of pyridine rings is 1. The van der Waals surface area contributed by atoms with Gasteiger partial charge in [-0.25, -0.2) is 4.98 Å². The smallest absolute Gasteiger partial charge is 0.212 e. The molecular formula is C13H17NO2. The van der Waals surface area contributed by atoms with Crippen LogP contribution in [0.5, 0.6) is 5.88 Å². The number of hydrogen-bond acceptors (Lipinski definition) is 3. The monoisotopic (exact) mass is 219 g/mol. The molecule has 1 aromatic heterocycles. The van der Waals surface area contributed by atoms with Crippen molar-refractivity contribution >= 4 is 0 Å². The molecule has 3 heteroatoms. The van der Waals surface area contributed by atoms with Crippen LogP contribution in [-0.4, -0.2) is 17.2 Å². The highest BCUT2D eigenvalue weighted by atomic mass is 16.5. The summed E-state index contributed by atoms with van der Waals surface area (Å²) in [6.07, 6.45) is 8.66. The van der Waals surface area contributed by atoms with E-state index in [1.165, 1.54) is 0 Å². The molecule has 2 atom stereocenters. The third-order valence-corrected chi connectivity index (χ3v) is 3.07. The molecule has 1 heterocycles. The minimum absolute atomic E-state index is 0.320. The second-order valence-electron chi connectivity index (χ2n) is 4.12. The number of allylic oxidation sites excluding steroid dienone is 2. The van der Waals surface area contributed by atoms with Gasteiger partial charge < -0.3 is 9.84 Å². The standard InChI is InChI=1S/C13H17NO2/c1-16-12-8-7-11(9-14-12)13(15)10-5-3-2-4-6-10/h2-3,7-10,13,15H,4-6H2,1H3. The SMILES string of the molecule is COc1ccc(C(O)C2CC=CCC2)cn1.